The van der Waals surface area contributed by atoms with Gasteiger partial charge in [0.2, 0.25) is 0 Å². The SMILES string of the molecule is CCNC(=NCc1nccn1Cc1ccccc1)NC1CC=CC1. The maximum Gasteiger partial charge on any atom is 0.191 e. The quantitative estimate of drug-likeness (QED) is 0.488. The van der Waals surface area contributed by atoms with E-state index in [0.717, 1.165) is 37.7 Å². The van der Waals surface area contributed by atoms with Gasteiger partial charge in [0.05, 0.1) is 0 Å². The van der Waals surface area contributed by atoms with Gasteiger partial charge in [0.25, 0.3) is 0 Å². The first kappa shape index (κ1) is 16.3. The normalized spacial score (nSPS) is 15.0. The summed E-state index contributed by atoms with van der Waals surface area (Å²) in [5.74, 6) is 1.83. The van der Waals surface area contributed by atoms with E-state index in [1.807, 2.05) is 18.5 Å². The molecule has 0 aliphatic heterocycles. The van der Waals surface area contributed by atoms with Crippen molar-refractivity contribution in [1.82, 2.24) is 20.2 Å². The minimum Gasteiger partial charge on any atom is -0.357 e. The smallest absolute Gasteiger partial charge is 0.191 e. The topological polar surface area (TPSA) is 54.2 Å². The van der Waals surface area contributed by atoms with Crippen molar-refractivity contribution in [3.63, 3.8) is 0 Å². The maximum absolute atomic E-state index is 4.71. The van der Waals surface area contributed by atoms with Crippen LogP contribution in [0.15, 0.2) is 59.9 Å². The monoisotopic (exact) mass is 323 g/mol. The van der Waals surface area contributed by atoms with Crippen molar-refractivity contribution in [3.05, 3.63) is 66.3 Å². The highest BCUT2D eigenvalue weighted by Crippen LogP contribution is 2.09. The molecule has 0 amide bonds. The van der Waals surface area contributed by atoms with E-state index in [0.29, 0.717) is 12.6 Å². The number of benzene rings is 1. The molecular formula is C19H25N5. The van der Waals surface area contributed by atoms with Gasteiger partial charge < -0.3 is 15.2 Å². The van der Waals surface area contributed by atoms with Gasteiger partial charge in [-0.1, -0.05) is 42.5 Å². The van der Waals surface area contributed by atoms with Gasteiger partial charge in [-0.15, -0.1) is 0 Å². The summed E-state index contributed by atoms with van der Waals surface area (Å²) in [5.41, 5.74) is 1.27. The molecule has 2 N–H and O–H groups in total. The Labute approximate surface area is 143 Å². The highest BCUT2D eigenvalue weighted by Gasteiger charge is 2.12. The molecule has 1 aliphatic carbocycles. The molecule has 1 aromatic carbocycles. The first-order chi connectivity index (χ1) is 11.8. The van der Waals surface area contributed by atoms with Gasteiger partial charge in [-0.2, -0.15) is 0 Å². The molecule has 5 heteroatoms. The Morgan fingerprint density at radius 1 is 1.25 bits per heavy atom. The molecule has 0 bridgehead atoms. The highest BCUT2D eigenvalue weighted by molar-refractivity contribution is 5.80. The standard InChI is InChI=1S/C19H25N5/c1-2-20-19(23-17-10-6-7-11-17)22-14-18-21-12-13-24(18)15-16-8-4-3-5-9-16/h3-9,12-13,17H,2,10-11,14-15H2,1H3,(H2,20,22,23). The third-order valence-electron chi connectivity index (χ3n) is 4.07. The van der Waals surface area contributed by atoms with E-state index in [-0.39, 0.29) is 0 Å². The predicted octanol–water partition coefficient (Wildman–Crippen LogP) is 2.71. The minimum absolute atomic E-state index is 0.451. The predicted molar refractivity (Wildman–Crippen MR) is 97.9 cm³/mol. The lowest BCUT2D eigenvalue weighted by Gasteiger charge is -2.16. The number of nitrogens with zero attached hydrogens (tertiary/aromatic N) is 3. The van der Waals surface area contributed by atoms with Crippen molar-refractivity contribution < 1.29 is 0 Å². The van der Waals surface area contributed by atoms with Crippen LogP contribution in [0.3, 0.4) is 0 Å². The van der Waals surface area contributed by atoms with E-state index in [1.165, 1.54) is 5.56 Å². The number of aliphatic imine (C=N–C) groups is 1. The Hall–Kier alpha value is -2.56. The fraction of sp³-hybridized carbons (Fsp3) is 0.368. The fourth-order valence-electron chi connectivity index (χ4n) is 2.81. The lowest BCUT2D eigenvalue weighted by molar-refractivity contribution is 0.630. The summed E-state index contributed by atoms with van der Waals surface area (Å²) in [7, 11) is 0. The molecule has 5 nitrogen and oxygen atoms in total. The Kier molecular flexibility index (Phi) is 5.66. The van der Waals surface area contributed by atoms with Crippen LogP contribution in [0.2, 0.25) is 0 Å². The summed E-state index contributed by atoms with van der Waals surface area (Å²) in [5, 5.41) is 6.80. The lowest BCUT2D eigenvalue weighted by Crippen LogP contribution is -2.42. The van der Waals surface area contributed by atoms with E-state index in [1.54, 1.807) is 0 Å². The van der Waals surface area contributed by atoms with Crippen LogP contribution >= 0.6 is 0 Å². The van der Waals surface area contributed by atoms with Crippen LogP contribution in [-0.4, -0.2) is 28.1 Å². The van der Waals surface area contributed by atoms with Crippen LogP contribution in [0.1, 0.15) is 31.2 Å². The molecule has 2 aromatic rings. The Morgan fingerprint density at radius 2 is 2.04 bits per heavy atom. The number of imidazole rings is 1. The molecule has 24 heavy (non-hydrogen) atoms. The van der Waals surface area contributed by atoms with Gasteiger partial charge >= 0.3 is 0 Å². The number of rotatable bonds is 6. The summed E-state index contributed by atoms with van der Waals surface area (Å²) < 4.78 is 2.15. The molecule has 3 rings (SSSR count). The van der Waals surface area contributed by atoms with Crippen LogP contribution in [0, 0.1) is 0 Å². The summed E-state index contributed by atoms with van der Waals surface area (Å²) in [4.78, 5) is 9.17. The van der Waals surface area contributed by atoms with Gasteiger partial charge in [-0.3, -0.25) is 0 Å². The summed E-state index contributed by atoms with van der Waals surface area (Å²) in [6.45, 7) is 4.32. The maximum atomic E-state index is 4.71. The molecule has 1 aromatic heterocycles. The average molecular weight is 323 g/mol. The summed E-state index contributed by atoms with van der Waals surface area (Å²) in [6, 6.07) is 10.9. The second-order valence-electron chi connectivity index (χ2n) is 5.94. The zero-order valence-corrected chi connectivity index (χ0v) is 14.2. The third kappa shape index (κ3) is 4.47. The first-order valence-corrected chi connectivity index (χ1v) is 8.59. The average Bonchev–Trinajstić information content (AvgIpc) is 3.26. The van der Waals surface area contributed by atoms with Crippen LogP contribution in [0.25, 0.3) is 0 Å². The molecule has 1 heterocycles. The van der Waals surface area contributed by atoms with E-state index in [4.69, 9.17) is 4.99 Å². The second-order valence-corrected chi connectivity index (χ2v) is 5.94. The lowest BCUT2D eigenvalue weighted by atomic mass is 10.2. The molecular weight excluding hydrogens is 298 g/mol. The van der Waals surface area contributed by atoms with E-state index >= 15 is 0 Å². The highest BCUT2D eigenvalue weighted by atomic mass is 15.2. The zero-order chi connectivity index (χ0) is 16.6. The Morgan fingerprint density at radius 3 is 2.79 bits per heavy atom. The Balaban J connectivity index is 1.64. The number of aromatic nitrogens is 2. The van der Waals surface area contributed by atoms with Crippen LogP contribution in [0.5, 0.6) is 0 Å². The molecule has 0 saturated carbocycles. The molecule has 0 unspecified atom stereocenters. The molecule has 1 aliphatic rings. The Bertz CT molecular complexity index is 679. The van der Waals surface area contributed by atoms with E-state index < -0.39 is 0 Å². The van der Waals surface area contributed by atoms with Crippen molar-refractivity contribution in [2.24, 2.45) is 4.99 Å². The van der Waals surface area contributed by atoms with Crippen molar-refractivity contribution in [2.45, 2.75) is 38.9 Å². The second kappa shape index (κ2) is 8.34. The molecule has 0 atom stereocenters. The largest absolute Gasteiger partial charge is 0.357 e. The van der Waals surface area contributed by atoms with Gasteiger partial charge in [-0.25, -0.2) is 9.98 Å². The summed E-state index contributed by atoms with van der Waals surface area (Å²) in [6.07, 6.45) is 10.4. The van der Waals surface area contributed by atoms with Crippen LogP contribution < -0.4 is 10.6 Å². The fourth-order valence-corrected chi connectivity index (χ4v) is 2.81. The van der Waals surface area contributed by atoms with Crippen molar-refractivity contribution in [3.8, 4) is 0 Å². The number of guanidine groups is 1. The van der Waals surface area contributed by atoms with Crippen molar-refractivity contribution in [1.29, 1.82) is 0 Å². The van der Waals surface area contributed by atoms with Crippen molar-refractivity contribution >= 4 is 5.96 Å². The third-order valence-corrected chi connectivity index (χ3v) is 4.07. The number of hydrogen-bond donors (Lipinski definition) is 2. The molecule has 0 saturated heterocycles. The van der Waals surface area contributed by atoms with Crippen LogP contribution in [0.4, 0.5) is 0 Å². The minimum atomic E-state index is 0.451. The number of hydrogen-bond acceptors (Lipinski definition) is 2. The summed E-state index contributed by atoms with van der Waals surface area (Å²) >= 11 is 0. The van der Waals surface area contributed by atoms with E-state index in [9.17, 15) is 0 Å². The van der Waals surface area contributed by atoms with Gasteiger partial charge in [0.15, 0.2) is 5.96 Å². The molecule has 0 spiro atoms. The molecule has 0 radical (unpaired) electrons. The van der Waals surface area contributed by atoms with Gasteiger partial charge in [-0.05, 0) is 25.3 Å². The van der Waals surface area contributed by atoms with Crippen molar-refractivity contribution in [2.75, 3.05) is 6.54 Å². The first-order valence-electron chi connectivity index (χ1n) is 8.59. The van der Waals surface area contributed by atoms with Crippen LogP contribution in [-0.2, 0) is 13.1 Å². The number of nitrogens with one attached hydrogen (secondary N) is 2. The van der Waals surface area contributed by atoms with Gasteiger partial charge in [0.1, 0.15) is 12.4 Å². The molecule has 126 valence electrons. The molecule has 0 fully saturated rings. The van der Waals surface area contributed by atoms with Gasteiger partial charge in [0, 0.05) is 31.5 Å². The zero-order valence-electron chi connectivity index (χ0n) is 14.2. The van der Waals surface area contributed by atoms with E-state index in [2.05, 4.69) is 63.5 Å².